The Labute approximate surface area is 146 Å². The van der Waals surface area contributed by atoms with Gasteiger partial charge in [0.1, 0.15) is 18.0 Å². The third kappa shape index (κ3) is 3.56. The SMILES string of the molecule is C[C@H](N=C1NS(=O)(=O)c2ccccc21)C(=O)O[C@H](C)c1ccccc1. The van der Waals surface area contributed by atoms with Crippen LogP contribution in [0.4, 0.5) is 0 Å². The fourth-order valence-corrected chi connectivity index (χ4v) is 3.78. The predicted octanol–water partition coefficient (Wildman–Crippen LogP) is 2.42. The predicted molar refractivity (Wildman–Crippen MR) is 93.7 cm³/mol. The molecule has 2 aromatic carbocycles. The minimum absolute atomic E-state index is 0.159. The Balaban J connectivity index is 1.77. The van der Waals surface area contributed by atoms with Crippen LogP contribution in [0.3, 0.4) is 0 Å². The molecule has 0 unspecified atom stereocenters. The highest BCUT2D eigenvalue weighted by Gasteiger charge is 2.31. The maximum Gasteiger partial charge on any atom is 0.331 e. The van der Waals surface area contributed by atoms with E-state index in [0.29, 0.717) is 5.56 Å². The van der Waals surface area contributed by atoms with Crippen LogP contribution in [0.5, 0.6) is 0 Å². The number of hydrogen-bond donors (Lipinski definition) is 1. The molecular formula is C18H18N2O4S. The molecule has 2 atom stereocenters. The van der Waals surface area contributed by atoms with Gasteiger partial charge in [-0.15, -0.1) is 0 Å². The molecule has 3 rings (SSSR count). The normalized spacial score (nSPS) is 18.9. The summed E-state index contributed by atoms with van der Waals surface area (Å²) >= 11 is 0. The molecule has 0 spiro atoms. The van der Waals surface area contributed by atoms with Gasteiger partial charge in [0.2, 0.25) is 0 Å². The third-order valence-electron chi connectivity index (χ3n) is 3.89. The Morgan fingerprint density at radius 1 is 1.04 bits per heavy atom. The summed E-state index contributed by atoms with van der Waals surface area (Å²) in [6.07, 6.45) is -0.413. The molecule has 0 saturated heterocycles. The van der Waals surface area contributed by atoms with Gasteiger partial charge >= 0.3 is 5.97 Å². The number of nitrogens with one attached hydrogen (secondary N) is 1. The van der Waals surface area contributed by atoms with E-state index in [1.807, 2.05) is 30.3 Å². The number of benzene rings is 2. The van der Waals surface area contributed by atoms with Crippen LogP contribution in [0.2, 0.25) is 0 Å². The lowest BCUT2D eigenvalue weighted by Crippen LogP contribution is -2.27. The lowest BCUT2D eigenvalue weighted by Gasteiger charge is -2.15. The van der Waals surface area contributed by atoms with Crippen molar-refractivity contribution >= 4 is 21.8 Å². The van der Waals surface area contributed by atoms with E-state index < -0.39 is 28.1 Å². The van der Waals surface area contributed by atoms with Crippen molar-refractivity contribution in [2.45, 2.75) is 30.9 Å². The summed E-state index contributed by atoms with van der Waals surface area (Å²) in [7, 11) is -3.63. The van der Waals surface area contributed by atoms with E-state index in [4.69, 9.17) is 4.74 Å². The van der Waals surface area contributed by atoms with E-state index in [2.05, 4.69) is 9.71 Å². The van der Waals surface area contributed by atoms with Crippen LogP contribution < -0.4 is 4.72 Å². The Morgan fingerprint density at radius 3 is 2.40 bits per heavy atom. The van der Waals surface area contributed by atoms with Crippen LogP contribution in [0.1, 0.15) is 31.1 Å². The minimum Gasteiger partial charge on any atom is -0.456 e. The fraction of sp³-hybridized carbons (Fsp3) is 0.222. The average Bonchev–Trinajstić information content (AvgIpc) is 2.86. The van der Waals surface area contributed by atoms with Crippen LogP contribution in [0.25, 0.3) is 0 Å². The summed E-state index contributed by atoms with van der Waals surface area (Å²) in [5, 5.41) is 0. The maximum atomic E-state index is 12.3. The van der Waals surface area contributed by atoms with Crippen molar-refractivity contribution < 1.29 is 17.9 Å². The maximum absolute atomic E-state index is 12.3. The minimum atomic E-state index is -3.63. The van der Waals surface area contributed by atoms with Crippen LogP contribution in [0.15, 0.2) is 64.5 Å². The number of esters is 1. The topological polar surface area (TPSA) is 84.8 Å². The monoisotopic (exact) mass is 358 g/mol. The van der Waals surface area contributed by atoms with E-state index >= 15 is 0 Å². The zero-order valence-electron chi connectivity index (χ0n) is 13.8. The largest absolute Gasteiger partial charge is 0.456 e. The number of ether oxygens (including phenoxy) is 1. The van der Waals surface area contributed by atoms with Gasteiger partial charge in [0.05, 0.1) is 4.90 Å². The molecule has 0 bridgehead atoms. The van der Waals surface area contributed by atoms with E-state index in [1.54, 1.807) is 32.0 Å². The number of amidine groups is 1. The fourth-order valence-electron chi connectivity index (χ4n) is 2.54. The molecule has 130 valence electrons. The summed E-state index contributed by atoms with van der Waals surface area (Å²) in [5.41, 5.74) is 1.33. The van der Waals surface area contributed by atoms with Crippen molar-refractivity contribution in [3.63, 3.8) is 0 Å². The number of carbonyl (C=O) groups excluding carboxylic acids is 1. The van der Waals surface area contributed by atoms with Gasteiger partial charge in [0, 0.05) is 5.56 Å². The number of sulfonamides is 1. The van der Waals surface area contributed by atoms with Crippen molar-refractivity contribution in [3.8, 4) is 0 Å². The Bertz CT molecular complexity index is 923. The Morgan fingerprint density at radius 2 is 1.68 bits per heavy atom. The molecule has 1 heterocycles. The lowest BCUT2D eigenvalue weighted by atomic mass is 10.1. The summed E-state index contributed by atoms with van der Waals surface area (Å²) in [5.74, 6) is -0.361. The molecule has 0 fully saturated rings. The van der Waals surface area contributed by atoms with E-state index in [-0.39, 0.29) is 10.7 Å². The second-order valence-corrected chi connectivity index (χ2v) is 7.40. The van der Waals surface area contributed by atoms with Gasteiger partial charge in [-0.2, -0.15) is 0 Å². The second kappa shape index (κ2) is 6.68. The van der Waals surface area contributed by atoms with E-state index in [0.717, 1.165) is 5.56 Å². The van der Waals surface area contributed by atoms with Crippen LogP contribution in [0, 0.1) is 0 Å². The summed E-state index contributed by atoms with van der Waals surface area (Å²) in [6.45, 7) is 3.35. The molecule has 0 saturated carbocycles. The van der Waals surface area contributed by atoms with E-state index in [1.165, 1.54) is 6.07 Å². The number of hydrogen-bond acceptors (Lipinski definition) is 5. The third-order valence-corrected chi connectivity index (χ3v) is 5.29. The molecule has 1 N–H and O–H groups in total. The number of nitrogens with zero attached hydrogens (tertiary/aromatic N) is 1. The zero-order chi connectivity index (χ0) is 18.0. The van der Waals surface area contributed by atoms with Crippen LogP contribution >= 0.6 is 0 Å². The molecule has 0 aliphatic carbocycles. The smallest absolute Gasteiger partial charge is 0.331 e. The number of aliphatic imine (C=N–C) groups is 1. The molecule has 0 amide bonds. The quantitative estimate of drug-likeness (QED) is 0.851. The first-order valence-electron chi connectivity index (χ1n) is 7.84. The van der Waals surface area contributed by atoms with Crippen molar-refractivity contribution in [2.75, 3.05) is 0 Å². The molecule has 7 heteroatoms. The standard InChI is InChI=1S/C18H18N2O4S/c1-12(18(21)24-13(2)14-8-4-3-5-9-14)19-17-15-10-6-7-11-16(15)25(22,23)20-17/h3-13H,1-2H3,(H,19,20)/t12-,13+/m0/s1. The number of carbonyl (C=O) groups is 1. The van der Waals surface area contributed by atoms with E-state index in [9.17, 15) is 13.2 Å². The average molecular weight is 358 g/mol. The van der Waals surface area contributed by atoms with Gasteiger partial charge in [0.25, 0.3) is 10.0 Å². The molecule has 0 aromatic heterocycles. The van der Waals surface area contributed by atoms with Crippen LogP contribution in [-0.2, 0) is 19.6 Å². The number of fused-ring (bicyclic) bond motifs is 1. The van der Waals surface area contributed by atoms with Gasteiger partial charge in [-0.1, -0.05) is 42.5 Å². The first-order chi connectivity index (χ1) is 11.9. The molecular weight excluding hydrogens is 340 g/mol. The van der Waals surface area contributed by atoms with Gasteiger partial charge in [-0.25, -0.2) is 13.2 Å². The highest BCUT2D eigenvalue weighted by atomic mass is 32.2. The van der Waals surface area contributed by atoms with Crippen LogP contribution in [-0.4, -0.2) is 26.3 Å². The molecule has 6 nitrogen and oxygen atoms in total. The molecule has 1 aliphatic rings. The van der Waals surface area contributed by atoms with Gasteiger partial charge in [-0.05, 0) is 31.5 Å². The summed E-state index contributed by atoms with van der Waals surface area (Å²) < 4.78 is 31.9. The molecule has 25 heavy (non-hydrogen) atoms. The van der Waals surface area contributed by atoms with Crippen molar-refractivity contribution in [2.24, 2.45) is 4.99 Å². The zero-order valence-corrected chi connectivity index (χ0v) is 14.7. The highest BCUT2D eigenvalue weighted by molar-refractivity contribution is 7.90. The Hall–Kier alpha value is -2.67. The first kappa shape index (κ1) is 17.2. The first-order valence-corrected chi connectivity index (χ1v) is 9.32. The molecule has 2 aromatic rings. The van der Waals surface area contributed by atoms with Crippen molar-refractivity contribution in [3.05, 3.63) is 65.7 Å². The van der Waals surface area contributed by atoms with Gasteiger partial charge in [0.15, 0.2) is 0 Å². The van der Waals surface area contributed by atoms with Crippen molar-refractivity contribution in [1.82, 2.24) is 4.72 Å². The van der Waals surface area contributed by atoms with Gasteiger partial charge in [-0.3, -0.25) is 9.71 Å². The highest BCUT2D eigenvalue weighted by Crippen LogP contribution is 2.23. The second-order valence-electron chi connectivity index (χ2n) is 5.75. The Kier molecular flexibility index (Phi) is 4.59. The molecule has 0 radical (unpaired) electrons. The summed E-state index contributed by atoms with van der Waals surface area (Å²) in [6, 6.07) is 15.0. The lowest BCUT2D eigenvalue weighted by molar-refractivity contribution is -0.149. The number of rotatable bonds is 4. The van der Waals surface area contributed by atoms with Gasteiger partial charge < -0.3 is 4.74 Å². The molecule has 1 aliphatic heterocycles. The van der Waals surface area contributed by atoms with Crippen molar-refractivity contribution in [1.29, 1.82) is 0 Å². The summed E-state index contributed by atoms with van der Waals surface area (Å²) in [4.78, 5) is 16.7.